The number of likely N-dealkylation sites (tertiary alicyclic amines) is 1. The fourth-order valence-corrected chi connectivity index (χ4v) is 2.72. The minimum absolute atomic E-state index is 0.167. The van der Waals surface area contributed by atoms with Crippen molar-refractivity contribution in [2.24, 2.45) is 5.92 Å². The Hall–Kier alpha value is -1.32. The molecule has 0 aliphatic carbocycles. The fraction of sp³-hybridized carbons (Fsp3) is 0.714. The van der Waals surface area contributed by atoms with Crippen LogP contribution in [0.4, 0.5) is 0 Å². The number of aryl methyl sites for hydroxylation is 1. The Morgan fingerprint density at radius 3 is 2.67 bits per heavy atom. The first-order chi connectivity index (χ1) is 8.50. The lowest BCUT2D eigenvalue weighted by Crippen LogP contribution is -2.41. The monoisotopic (exact) mass is 249 g/mol. The van der Waals surface area contributed by atoms with Gasteiger partial charge in [0.1, 0.15) is 6.04 Å². The third kappa shape index (κ3) is 2.42. The molecule has 1 aromatic rings. The van der Waals surface area contributed by atoms with Gasteiger partial charge < -0.3 is 4.90 Å². The molecule has 0 bridgehead atoms. The lowest BCUT2D eigenvalue weighted by atomic mass is 10.0. The van der Waals surface area contributed by atoms with Gasteiger partial charge in [-0.15, -0.1) is 0 Å². The van der Waals surface area contributed by atoms with Crippen molar-refractivity contribution >= 4 is 5.91 Å². The van der Waals surface area contributed by atoms with Crippen LogP contribution in [-0.4, -0.2) is 33.2 Å². The first kappa shape index (κ1) is 13.1. The van der Waals surface area contributed by atoms with E-state index in [2.05, 4.69) is 25.9 Å². The molecule has 4 nitrogen and oxygen atoms in total. The largest absolute Gasteiger partial charge is 0.338 e. The Bertz CT molecular complexity index is 424. The molecule has 0 spiro atoms. The summed E-state index contributed by atoms with van der Waals surface area (Å²) in [5.41, 5.74) is 1.10. The molecule has 1 aromatic heterocycles. The first-order valence-corrected chi connectivity index (χ1v) is 6.82. The van der Waals surface area contributed by atoms with E-state index < -0.39 is 0 Å². The predicted octanol–water partition coefficient (Wildman–Crippen LogP) is 2.40. The zero-order chi connectivity index (χ0) is 13.3. The molecule has 100 valence electrons. The summed E-state index contributed by atoms with van der Waals surface area (Å²) in [7, 11) is 0. The molecule has 18 heavy (non-hydrogen) atoms. The van der Waals surface area contributed by atoms with Gasteiger partial charge in [-0.3, -0.25) is 9.48 Å². The Labute approximate surface area is 109 Å². The van der Waals surface area contributed by atoms with E-state index >= 15 is 0 Å². The number of hydrogen-bond acceptors (Lipinski definition) is 2. The number of rotatable bonds is 3. The Balaban J connectivity index is 2.22. The third-order valence-corrected chi connectivity index (χ3v) is 3.74. The van der Waals surface area contributed by atoms with Crippen LogP contribution in [0.15, 0.2) is 12.4 Å². The molecule has 0 saturated carbocycles. The molecule has 2 rings (SSSR count). The number of amides is 1. The first-order valence-electron chi connectivity index (χ1n) is 6.82. The highest BCUT2D eigenvalue weighted by atomic mass is 16.2. The van der Waals surface area contributed by atoms with Gasteiger partial charge in [0.2, 0.25) is 5.91 Å². The van der Waals surface area contributed by atoms with E-state index in [0.29, 0.717) is 6.04 Å². The molecule has 2 heterocycles. The van der Waals surface area contributed by atoms with Crippen molar-refractivity contribution in [3.8, 4) is 0 Å². The zero-order valence-electron chi connectivity index (χ0n) is 11.8. The highest BCUT2D eigenvalue weighted by Crippen LogP contribution is 2.25. The van der Waals surface area contributed by atoms with E-state index in [9.17, 15) is 4.79 Å². The minimum Gasteiger partial charge on any atom is -0.338 e. The Morgan fingerprint density at radius 1 is 1.50 bits per heavy atom. The molecule has 1 fully saturated rings. The predicted molar refractivity (Wildman–Crippen MR) is 71.2 cm³/mol. The van der Waals surface area contributed by atoms with Gasteiger partial charge in [0, 0.05) is 18.8 Å². The van der Waals surface area contributed by atoms with Crippen LogP contribution in [0.3, 0.4) is 0 Å². The van der Waals surface area contributed by atoms with Gasteiger partial charge in [-0.1, -0.05) is 13.8 Å². The van der Waals surface area contributed by atoms with Crippen LogP contribution in [0.2, 0.25) is 0 Å². The molecule has 2 atom stereocenters. The average molecular weight is 249 g/mol. The maximum Gasteiger partial charge on any atom is 0.247 e. The van der Waals surface area contributed by atoms with E-state index in [1.807, 2.05) is 28.9 Å². The smallest absolute Gasteiger partial charge is 0.247 e. The van der Waals surface area contributed by atoms with Gasteiger partial charge >= 0.3 is 0 Å². The van der Waals surface area contributed by atoms with E-state index in [-0.39, 0.29) is 17.9 Å². The molecule has 1 amide bonds. The second-order valence-corrected chi connectivity index (χ2v) is 5.71. The second kappa shape index (κ2) is 5.12. The minimum atomic E-state index is -0.167. The standard InChI is InChI=1S/C14H23N3O/c1-10(2)13(17-9-11(3)8-15-17)14(18)16-7-5-6-12(16)4/h8-10,12-13H,5-7H2,1-4H3. The van der Waals surface area contributed by atoms with Gasteiger partial charge in [-0.25, -0.2) is 0 Å². The van der Waals surface area contributed by atoms with Crippen molar-refractivity contribution in [1.29, 1.82) is 0 Å². The van der Waals surface area contributed by atoms with Crippen LogP contribution in [0.5, 0.6) is 0 Å². The van der Waals surface area contributed by atoms with Crippen molar-refractivity contribution in [1.82, 2.24) is 14.7 Å². The number of aromatic nitrogens is 2. The topological polar surface area (TPSA) is 38.1 Å². The zero-order valence-corrected chi connectivity index (χ0v) is 11.8. The summed E-state index contributed by atoms with van der Waals surface area (Å²) in [6.07, 6.45) is 6.02. The Morgan fingerprint density at radius 2 is 2.22 bits per heavy atom. The number of nitrogens with zero attached hydrogens (tertiary/aromatic N) is 3. The molecule has 2 unspecified atom stereocenters. The summed E-state index contributed by atoms with van der Waals surface area (Å²) < 4.78 is 1.83. The van der Waals surface area contributed by atoms with Gasteiger partial charge in [0.25, 0.3) is 0 Å². The summed E-state index contributed by atoms with van der Waals surface area (Å²) in [4.78, 5) is 14.7. The molecular formula is C14H23N3O. The lowest BCUT2D eigenvalue weighted by Gasteiger charge is -2.29. The number of carbonyl (C=O) groups is 1. The van der Waals surface area contributed by atoms with Crippen LogP contribution in [0, 0.1) is 12.8 Å². The summed E-state index contributed by atoms with van der Waals surface area (Å²) in [5, 5.41) is 4.32. The highest BCUT2D eigenvalue weighted by Gasteiger charge is 2.33. The molecular weight excluding hydrogens is 226 g/mol. The van der Waals surface area contributed by atoms with Crippen LogP contribution >= 0.6 is 0 Å². The van der Waals surface area contributed by atoms with Gasteiger partial charge in [-0.05, 0) is 38.2 Å². The second-order valence-electron chi connectivity index (χ2n) is 5.71. The van der Waals surface area contributed by atoms with Crippen molar-refractivity contribution in [2.45, 2.75) is 52.6 Å². The summed E-state index contributed by atoms with van der Waals surface area (Å²) in [6.45, 7) is 9.20. The quantitative estimate of drug-likeness (QED) is 0.825. The Kier molecular flexibility index (Phi) is 3.73. The van der Waals surface area contributed by atoms with Gasteiger partial charge in [0.15, 0.2) is 0 Å². The van der Waals surface area contributed by atoms with Crippen LogP contribution < -0.4 is 0 Å². The fourth-order valence-electron chi connectivity index (χ4n) is 2.72. The normalized spacial score (nSPS) is 21.6. The third-order valence-electron chi connectivity index (χ3n) is 3.74. The van der Waals surface area contributed by atoms with Gasteiger partial charge in [-0.2, -0.15) is 5.10 Å². The highest BCUT2D eigenvalue weighted by molar-refractivity contribution is 5.81. The molecule has 0 aromatic carbocycles. The van der Waals surface area contributed by atoms with Crippen molar-refractivity contribution in [3.63, 3.8) is 0 Å². The van der Waals surface area contributed by atoms with E-state index in [4.69, 9.17) is 0 Å². The summed E-state index contributed by atoms with van der Waals surface area (Å²) in [6, 6.07) is 0.203. The average Bonchev–Trinajstić information content (AvgIpc) is 2.87. The van der Waals surface area contributed by atoms with Crippen LogP contribution in [0.25, 0.3) is 0 Å². The number of carbonyl (C=O) groups excluding carboxylic acids is 1. The SMILES string of the molecule is Cc1cnn(C(C(=O)N2CCCC2C)C(C)C)c1. The maximum atomic E-state index is 12.7. The molecule has 0 radical (unpaired) electrons. The van der Waals surface area contributed by atoms with E-state index in [0.717, 1.165) is 24.9 Å². The molecule has 1 saturated heterocycles. The summed E-state index contributed by atoms with van der Waals surface area (Å²) in [5.74, 6) is 0.475. The van der Waals surface area contributed by atoms with Gasteiger partial charge in [0.05, 0.1) is 6.20 Å². The van der Waals surface area contributed by atoms with Crippen molar-refractivity contribution < 1.29 is 4.79 Å². The van der Waals surface area contributed by atoms with E-state index in [1.165, 1.54) is 0 Å². The molecule has 0 N–H and O–H groups in total. The van der Waals surface area contributed by atoms with Crippen LogP contribution in [-0.2, 0) is 4.79 Å². The number of hydrogen-bond donors (Lipinski definition) is 0. The maximum absolute atomic E-state index is 12.7. The summed E-state index contributed by atoms with van der Waals surface area (Å²) >= 11 is 0. The molecule has 1 aliphatic rings. The molecule has 4 heteroatoms. The van der Waals surface area contributed by atoms with Crippen molar-refractivity contribution in [3.05, 3.63) is 18.0 Å². The molecule has 1 aliphatic heterocycles. The van der Waals surface area contributed by atoms with E-state index in [1.54, 1.807) is 0 Å². The lowest BCUT2D eigenvalue weighted by molar-refractivity contribution is -0.137. The van der Waals surface area contributed by atoms with Crippen LogP contribution in [0.1, 0.15) is 45.2 Å². The van der Waals surface area contributed by atoms with Crippen molar-refractivity contribution in [2.75, 3.05) is 6.54 Å².